The molecule has 1 N–H and O–H groups in total. The van der Waals surface area contributed by atoms with Crippen molar-refractivity contribution in [3.8, 4) is 11.4 Å². The van der Waals surface area contributed by atoms with Gasteiger partial charge in [0, 0.05) is 18.4 Å². The molecule has 0 aliphatic heterocycles. The Labute approximate surface area is 165 Å². The number of rotatable bonds is 8. The van der Waals surface area contributed by atoms with Crippen LogP contribution in [0.25, 0.3) is 11.4 Å². The highest BCUT2D eigenvalue weighted by Gasteiger charge is 2.33. The zero-order chi connectivity index (χ0) is 19.3. The lowest BCUT2D eigenvalue weighted by Crippen LogP contribution is -2.29. The number of nitrogens with zero attached hydrogens (tertiary/aromatic N) is 2. The number of aromatic nitrogens is 2. The lowest BCUT2D eigenvalue weighted by Gasteiger charge is -2.19. The van der Waals surface area contributed by atoms with Gasteiger partial charge in [-0.25, -0.2) is 0 Å². The van der Waals surface area contributed by atoms with Crippen LogP contribution in [0.15, 0.2) is 59.1 Å². The molecule has 2 aromatic carbocycles. The maximum absolute atomic E-state index is 12.5. The molecule has 1 aromatic heterocycles. The van der Waals surface area contributed by atoms with Crippen LogP contribution in [-0.4, -0.2) is 16.0 Å². The Morgan fingerprint density at radius 1 is 1.14 bits per heavy atom. The van der Waals surface area contributed by atoms with Crippen molar-refractivity contribution in [2.45, 2.75) is 45.1 Å². The van der Waals surface area contributed by atoms with Crippen LogP contribution in [-0.2, 0) is 11.2 Å². The summed E-state index contributed by atoms with van der Waals surface area (Å²) in [6.45, 7) is 2.08. The molecule has 5 nitrogen and oxygen atoms in total. The minimum Gasteiger partial charge on any atom is -0.349 e. The molecule has 0 radical (unpaired) electrons. The number of carbonyl (C=O) groups excluding carboxylic acids is 1. The number of nitrogens with one attached hydrogen (secondary N) is 1. The molecule has 0 bridgehead atoms. The van der Waals surface area contributed by atoms with Gasteiger partial charge in [-0.3, -0.25) is 4.79 Å². The number of benzene rings is 2. The molecule has 1 atom stereocenters. The first-order valence-electron chi connectivity index (χ1n) is 9.93. The number of amides is 1. The molecule has 28 heavy (non-hydrogen) atoms. The summed E-state index contributed by atoms with van der Waals surface area (Å²) in [5.74, 6) is 1.81. The molecular formula is C23H25N3O2. The smallest absolute Gasteiger partial charge is 0.226 e. The van der Waals surface area contributed by atoms with Crippen molar-refractivity contribution in [1.82, 2.24) is 15.5 Å². The first-order valence-corrected chi connectivity index (χ1v) is 9.93. The highest BCUT2D eigenvalue weighted by molar-refractivity contribution is 5.76. The molecular weight excluding hydrogens is 350 g/mol. The van der Waals surface area contributed by atoms with Crippen molar-refractivity contribution in [3.63, 3.8) is 0 Å². The van der Waals surface area contributed by atoms with Crippen LogP contribution in [0.5, 0.6) is 0 Å². The van der Waals surface area contributed by atoms with Gasteiger partial charge in [-0.1, -0.05) is 65.3 Å². The topological polar surface area (TPSA) is 68.0 Å². The fourth-order valence-corrected chi connectivity index (χ4v) is 3.38. The average Bonchev–Trinajstić information content (AvgIpc) is 3.45. The summed E-state index contributed by atoms with van der Waals surface area (Å²) in [7, 11) is 0. The van der Waals surface area contributed by atoms with Crippen LogP contribution in [0.4, 0.5) is 0 Å². The normalized spacial score (nSPS) is 14.6. The molecule has 0 spiro atoms. The number of aryl methyl sites for hydroxylation is 2. The van der Waals surface area contributed by atoms with Crippen LogP contribution in [0, 0.1) is 12.8 Å². The molecule has 1 saturated carbocycles. The zero-order valence-electron chi connectivity index (χ0n) is 16.1. The van der Waals surface area contributed by atoms with Crippen LogP contribution < -0.4 is 5.32 Å². The summed E-state index contributed by atoms with van der Waals surface area (Å²) >= 11 is 0. The van der Waals surface area contributed by atoms with Gasteiger partial charge in [-0.15, -0.1) is 0 Å². The summed E-state index contributed by atoms with van der Waals surface area (Å²) in [6, 6.07) is 18.3. The molecule has 0 saturated heterocycles. The van der Waals surface area contributed by atoms with E-state index in [9.17, 15) is 4.79 Å². The number of hydrogen-bond acceptors (Lipinski definition) is 4. The second kappa shape index (κ2) is 8.38. The monoisotopic (exact) mass is 375 g/mol. The Kier molecular flexibility index (Phi) is 5.51. The molecule has 1 amide bonds. The van der Waals surface area contributed by atoms with Crippen molar-refractivity contribution >= 4 is 5.91 Å². The fourth-order valence-electron chi connectivity index (χ4n) is 3.38. The summed E-state index contributed by atoms with van der Waals surface area (Å²) in [5.41, 5.74) is 3.37. The Bertz CT molecular complexity index is 915. The molecule has 1 unspecified atom stereocenters. The molecule has 5 heteroatoms. The lowest BCUT2D eigenvalue weighted by molar-refractivity contribution is -0.122. The molecule has 1 fully saturated rings. The van der Waals surface area contributed by atoms with Crippen molar-refractivity contribution in [1.29, 1.82) is 0 Å². The van der Waals surface area contributed by atoms with E-state index in [0.29, 0.717) is 36.9 Å². The van der Waals surface area contributed by atoms with E-state index in [1.807, 2.05) is 30.3 Å². The Morgan fingerprint density at radius 3 is 2.61 bits per heavy atom. The largest absolute Gasteiger partial charge is 0.349 e. The minimum atomic E-state index is 0.0836. The van der Waals surface area contributed by atoms with E-state index >= 15 is 0 Å². The van der Waals surface area contributed by atoms with Crippen LogP contribution in [0.2, 0.25) is 0 Å². The summed E-state index contributed by atoms with van der Waals surface area (Å²) in [6.07, 6.45) is 4.11. The highest BCUT2D eigenvalue weighted by Crippen LogP contribution is 2.41. The maximum Gasteiger partial charge on any atom is 0.226 e. The molecule has 144 valence electrons. The van der Waals surface area contributed by atoms with E-state index in [0.717, 1.165) is 5.56 Å². The Hall–Kier alpha value is -2.95. The van der Waals surface area contributed by atoms with Crippen LogP contribution >= 0.6 is 0 Å². The van der Waals surface area contributed by atoms with Crippen molar-refractivity contribution in [3.05, 3.63) is 71.6 Å². The third-order valence-electron chi connectivity index (χ3n) is 5.14. The Morgan fingerprint density at radius 2 is 1.89 bits per heavy atom. The maximum atomic E-state index is 12.5. The summed E-state index contributed by atoms with van der Waals surface area (Å²) in [5, 5.41) is 7.25. The third kappa shape index (κ3) is 4.66. The van der Waals surface area contributed by atoms with E-state index in [-0.39, 0.29) is 11.9 Å². The zero-order valence-corrected chi connectivity index (χ0v) is 16.1. The van der Waals surface area contributed by atoms with Crippen molar-refractivity contribution in [2.75, 3.05) is 0 Å². The van der Waals surface area contributed by atoms with Crippen molar-refractivity contribution in [2.24, 2.45) is 5.92 Å². The Balaban J connectivity index is 1.28. The van der Waals surface area contributed by atoms with Gasteiger partial charge in [0.1, 0.15) is 0 Å². The summed E-state index contributed by atoms with van der Waals surface area (Å²) < 4.78 is 5.32. The molecule has 1 aliphatic carbocycles. The van der Waals surface area contributed by atoms with Crippen LogP contribution in [0.1, 0.15) is 48.7 Å². The number of hydrogen-bond donors (Lipinski definition) is 1. The van der Waals surface area contributed by atoms with E-state index in [1.54, 1.807) is 0 Å². The summed E-state index contributed by atoms with van der Waals surface area (Å²) in [4.78, 5) is 16.9. The van der Waals surface area contributed by atoms with Gasteiger partial charge in [-0.2, -0.15) is 4.98 Å². The molecule has 4 rings (SSSR count). The second-order valence-corrected chi connectivity index (χ2v) is 7.52. The first kappa shape index (κ1) is 18.4. The van der Waals surface area contributed by atoms with Crippen molar-refractivity contribution < 1.29 is 9.32 Å². The highest BCUT2D eigenvalue weighted by atomic mass is 16.5. The second-order valence-electron chi connectivity index (χ2n) is 7.52. The van der Waals surface area contributed by atoms with Gasteiger partial charge in [-0.05, 0) is 37.7 Å². The van der Waals surface area contributed by atoms with E-state index in [2.05, 4.69) is 46.6 Å². The van der Waals surface area contributed by atoms with E-state index in [1.165, 1.54) is 24.0 Å². The molecule has 3 aromatic rings. The molecule has 1 aliphatic rings. The minimum absolute atomic E-state index is 0.0836. The van der Waals surface area contributed by atoms with Gasteiger partial charge in [0.05, 0.1) is 6.04 Å². The number of carbonyl (C=O) groups is 1. The van der Waals surface area contributed by atoms with E-state index < -0.39 is 0 Å². The fraction of sp³-hybridized carbons (Fsp3) is 0.348. The van der Waals surface area contributed by atoms with Gasteiger partial charge in [0.2, 0.25) is 17.6 Å². The van der Waals surface area contributed by atoms with Crippen LogP contribution in [0.3, 0.4) is 0 Å². The van der Waals surface area contributed by atoms with Gasteiger partial charge < -0.3 is 9.84 Å². The predicted octanol–water partition coefficient (Wildman–Crippen LogP) is 4.64. The predicted molar refractivity (Wildman–Crippen MR) is 107 cm³/mol. The standard InChI is InChI=1S/C23H25N3O2/c1-16-10-12-17(13-11-16)22(18-14-15-18)24-20(27)8-5-9-21-25-23(26-28-21)19-6-3-2-4-7-19/h2-4,6-7,10-13,18,22H,5,8-9,14-15H2,1H3,(H,24,27). The SMILES string of the molecule is Cc1ccc(C(NC(=O)CCCc2nc(-c3ccccc3)no2)C2CC2)cc1. The third-order valence-corrected chi connectivity index (χ3v) is 5.14. The van der Waals surface area contributed by atoms with E-state index in [4.69, 9.17) is 4.52 Å². The quantitative estimate of drug-likeness (QED) is 0.623. The first-order chi connectivity index (χ1) is 13.7. The van der Waals surface area contributed by atoms with Gasteiger partial charge >= 0.3 is 0 Å². The van der Waals surface area contributed by atoms with Gasteiger partial charge in [0.25, 0.3) is 0 Å². The lowest BCUT2D eigenvalue weighted by atomic mass is 10.0. The van der Waals surface area contributed by atoms with Gasteiger partial charge in [0.15, 0.2) is 0 Å². The average molecular weight is 375 g/mol. The molecule has 1 heterocycles.